The van der Waals surface area contributed by atoms with Crippen LogP contribution in [0.1, 0.15) is 30.4 Å². The largest absolute Gasteiger partial charge is 0.481 e. The molecule has 0 saturated heterocycles. The number of nitrogens with one attached hydrogen (secondary N) is 2. The van der Waals surface area contributed by atoms with Crippen molar-refractivity contribution in [2.45, 2.75) is 31.3 Å². The van der Waals surface area contributed by atoms with Gasteiger partial charge in [0.25, 0.3) is 0 Å². The first-order valence-electron chi connectivity index (χ1n) is 10.5. The van der Waals surface area contributed by atoms with Crippen LogP contribution in [0.15, 0.2) is 48.5 Å². The molecule has 8 heteroatoms. The van der Waals surface area contributed by atoms with Gasteiger partial charge in [-0.1, -0.05) is 48.5 Å². The monoisotopic (exact) mass is 439 g/mol. The smallest absolute Gasteiger partial charge is 0.407 e. The number of hydrogen-bond acceptors (Lipinski definition) is 5. The minimum absolute atomic E-state index is 0.0816. The molecule has 3 N–H and O–H groups in total. The molecule has 2 unspecified atom stereocenters. The van der Waals surface area contributed by atoms with Crippen LogP contribution >= 0.6 is 0 Å². The second-order valence-corrected chi connectivity index (χ2v) is 8.29. The molecule has 0 spiro atoms. The van der Waals surface area contributed by atoms with Crippen molar-refractivity contribution in [2.24, 2.45) is 0 Å². The number of carboxylic acid groups (broad SMARTS) is 1. The molecule has 3 rings (SSSR count). The fraction of sp³-hybridized carbons (Fsp3) is 0.375. The number of nitrogens with zero attached hydrogens (tertiary/aromatic N) is 1. The van der Waals surface area contributed by atoms with Gasteiger partial charge in [-0.2, -0.15) is 0 Å². The normalized spacial score (nSPS) is 14.2. The van der Waals surface area contributed by atoms with Crippen molar-refractivity contribution in [1.29, 1.82) is 0 Å². The third-order valence-electron chi connectivity index (χ3n) is 5.36. The maximum absolute atomic E-state index is 12.5. The third kappa shape index (κ3) is 5.64. The zero-order valence-electron chi connectivity index (χ0n) is 18.5. The fourth-order valence-corrected chi connectivity index (χ4v) is 4.10. The van der Waals surface area contributed by atoms with E-state index in [2.05, 4.69) is 10.6 Å². The molecular formula is C24H29N3O5. The van der Waals surface area contributed by atoms with Crippen molar-refractivity contribution in [3.05, 3.63) is 59.7 Å². The van der Waals surface area contributed by atoms with Crippen LogP contribution in [0.4, 0.5) is 4.79 Å². The van der Waals surface area contributed by atoms with Crippen LogP contribution < -0.4 is 10.6 Å². The summed E-state index contributed by atoms with van der Waals surface area (Å²) in [5.74, 6) is -1.88. The summed E-state index contributed by atoms with van der Waals surface area (Å²) in [4.78, 5) is 38.1. The molecule has 170 valence electrons. The van der Waals surface area contributed by atoms with Crippen molar-refractivity contribution in [1.82, 2.24) is 15.5 Å². The highest BCUT2D eigenvalue weighted by molar-refractivity contribution is 5.89. The number of aliphatic carboxylic acids is 1. The molecule has 0 bridgehead atoms. The number of likely N-dealkylation sites (N-methyl/N-ethyl adjacent to an activating group) is 1. The van der Waals surface area contributed by atoms with Crippen LogP contribution in [0.5, 0.6) is 0 Å². The summed E-state index contributed by atoms with van der Waals surface area (Å²) >= 11 is 0. The van der Waals surface area contributed by atoms with Gasteiger partial charge in [0.15, 0.2) is 0 Å². The number of benzene rings is 2. The van der Waals surface area contributed by atoms with Crippen LogP contribution in [0.3, 0.4) is 0 Å². The molecule has 0 fully saturated rings. The van der Waals surface area contributed by atoms with E-state index in [9.17, 15) is 14.4 Å². The number of ether oxygens (including phenoxy) is 1. The molecule has 0 aliphatic heterocycles. The van der Waals surface area contributed by atoms with E-state index >= 15 is 0 Å². The number of carboxylic acids is 1. The van der Waals surface area contributed by atoms with Gasteiger partial charge in [0, 0.05) is 18.5 Å². The Bertz CT molecular complexity index is 946. The van der Waals surface area contributed by atoms with E-state index < -0.39 is 30.4 Å². The number of alkyl carbamates (subject to hydrolysis) is 1. The highest BCUT2D eigenvalue weighted by Crippen LogP contribution is 2.44. The molecule has 1 aliphatic rings. The number of amides is 2. The lowest BCUT2D eigenvalue weighted by atomic mass is 9.98. The number of carbonyl (C=O) groups excluding carboxylic acids is 2. The van der Waals surface area contributed by atoms with Gasteiger partial charge in [-0.05, 0) is 43.3 Å². The molecule has 2 aromatic carbocycles. The topological polar surface area (TPSA) is 108 Å². The van der Waals surface area contributed by atoms with Gasteiger partial charge in [0.2, 0.25) is 5.91 Å². The van der Waals surface area contributed by atoms with E-state index in [1.807, 2.05) is 74.4 Å². The molecule has 2 atom stereocenters. The standard InChI is InChI=1S/C24H29N3O5/c1-15(13-27(2)3)25-23(30)21(12-22(28)29)26-24(31)32-14-20-18-10-6-4-8-16(18)17-9-5-7-11-19(17)20/h4-11,15,20-21H,12-14H2,1-3H3,(H,25,30)(H,26,31)(H,28,29). The van der Waals surface area contributed by atoms with Gasteiger partial charge in [-0.3, -0.25) is 9.59 Å². The summed E-state index contributed by atoms with van der Waals surface area (Å²) in [5.41, 5.74) is 4.35. The van der Waals surface area contributed by atoms with E-state index in [-0.39, 0.29) is 18.6 Å². The lowest BCUT2D eigenvalue weighted by molar-refractivity contribution is -0.140. The Morgan fingerprint density at radius 2 is 1.56 bits per heavy atom. The van der Waals surface area contributed by atoms with Crippen molar-refractivity contribution in [3.63, 3.8) is 0 Å². The van der Waals surface area contributed by atoms with Gasteiger partial charge in [-0.25, -0.2) is 4.79 Å². The van der Waals surface area contributed by atoms with Gasteiger partial charge >= 0.3 is 12.1 Å². The SMILES string of the molecule is CC(CN(C)C)NC(=O)C(CC(=O)O)NC(=O)OCC1c2ccccc2-c2ccccc21. The van der Waals surface area contributed by atoms with Crippen molar-refractivity contribution in [2.75, 3.05) is 27.2 Å². The molecule has 2 amide bonds. The highest BCUT2D eigenvalue weighted by atomic mass is 16.5. The Morgan fingerprint density at radius 3 is 2.09 bits per heavy atom. The Balaban J connectivity index is 1.64. The van der Waals surface area contributed by atoms with Gasteiger partial charge in [-0.15, -0.1) is 0 Å². The zero-order valence-corrected chi connectivity index (χ0v) is 18.5. The van der Waals surface area contributed by atoms with E-state index in [0.29, 0.717) is 6.54 Å². The molecule has 2 aromatic rings. The molecule has 0 radical (unpaired) electrons. The second-order valence-electron chi connectivity index (χ2n) is 8.29. The minimum Gasteiger partial charge on any atom is -0.481 e. The zero-order chi connectivity index (χ0) is 23.3. The molecule has 32 heavy (non-hydrogen) atoms. The van der Waals surface area contributed by atoms with Gasteiger partial charge < -0.3 is 25.4 Å². The average molecular weight is 440 g/mol. The summed E-state index contributed by atoms with van der Waals surface area (Å²) in [6, 6.07) is 14.5. The van der Waals surface area contributed by atoms with Gasteiger partial charge in [0.1, 0.15) is 12.6 Å². The fourth-order valence-electron chi connectivity index (χ4n) is 4.10. The Hall–Kier alpha value is -3.39. The summed E-state index contributed by atoms with van der Waals surface area (Å²) in [6.07, 6.45) is -1.36. The molecular weight excluding hydrogens is 410 g/mol. The first-order valence-corrected chi connectivity index (χ1v) is 10.5. The lowest BCUT2D eigenvalue weighted by Crippen LogP contribution is -2.51. The summed E-state index contributed by atoms with van der Waals surface area (Å²) in [7, 11) is 3.73. The van der Waals surface area contributed by atoms with Crippen LogP contribution in [-0.4, -0.2) is 67.3 Å². The number of rotatable bonds is 9. The summed E-state index contributed by atoms with van der Waals surface area (Å²) in [5, 5.41) is 14.3. The molecule has 0 heterocycles. The predicted octanol–water partition coefficient (Wildman–Crippen LogP) is 2.43. The molecule has 0 saturated carbocycles. The van der Waals surface area contributed by atoms with Crippen molar-refractivity contribution in [3.8, 4) is 11.1 Å². The van der Waals surface area contributed by atoms with E-state index in [0.717, 1.165) is 22.3 Å². The average Bonchev–Trinajstić information content (AvgIpc) is 3.04. The van der Waals surface area contributed by atoms with Crippen LogP contribution in [0.2, 0.25) is 0 Å². The quantitative estimate of drug-likeness (QED) is 0.554. The summed E-state index contributed by atoms with van der Waals surface area (Å²) in [6.45, 7) is 2.47. The second kappa shape index (κ2) is 10.3. The van der Waals surface area contributed by atoms with Crippen molar-refractivity contribution >= 4 is 18.0 Å². The van der Waals surface area contributed by atoms with Gasteiger partial charge in [0.05, 0.1) is 6.42 Å². The molecule has 8 nitrogen and oxygen atoms in total. The molecule has 0 aromatic heterocycles. The molecule has 1 aliphatic carbocycles. The van der Waals surface area contributed by atoms with Crippen LogP contribution in [0, 0.1) is 0 Å². The Labute approximate surface area is 187 Å². The number of carbonyl (C=O) groups is 3. The minimum atomic E-state index is -1.23. The van der Waals surface area contributed by atoms with E-state index in [1.54, 1.807) is 0 Å². The van der Waals surface area contributed by atoms with Crippen LogP contribution in [0.25, 0.3) is 11.1 Å². The Kier molecular flexibility index (Phi) is 7.48. The lowest BCUT2D eigenvalue weighted by Gasteiger charge is -2.22. The van der Waals surface area contributed by atoms with E-state index in [1.165, 1.54) is 0 Å². The van der Waals surface area contributed by atoms with Crippen molar-refractivity contribution < 1.29 is 24.2 Å². The predicted molar refractivity (Wildman–Crippen MR) is 120 cm³/mol. The Morgan fingerprint density at radius 1 is 1.00 bits per heavy atom. The number of hydrogen-bond donors (Lipinski definition) is 3. The van der Waals surface area contributed by atoms with Crippen LogP contribution in [-0.2, 0) is 14.3 Å². The number of fused-ring (bicyclic) bond motifs is 3. The first kappa shape index (κ1) is 23.3. The maximum atomic E-state index is 12.5. The first-order chi connectivity index (χ1) is 15.3. The summed E-state index contributed by atoms with van der Waals surface area (Å²) < 4.78 is 5.44. The third-order valence-corrected chi connectivity index (χ3v) is 5.36. The highest BCUT2D eigenvalue weighted by Gasteiger charge is 2.30. The maximum Gasteiger partial charge on any atom is 0.407 e. The van der Waals surface area contributed by atoms with E-state index in [4.69, 9.17) is 9.84 Å².